The van der Waals surface area contributed by atoms with E-state index in [2.05, 4.69) is 28.6 Å². The van der Waals surface area contributed by atoms with Crippen molar-refractivity contribution in [3.63, 3.8) is 0 Å². The van der Waals surface area contributed by atoms with Gasteiger partial charge in [-0.05, 0) is 23.8 Å². The molecular formula is C21H30IN3O3. The van der Waals surface area contributed by atoms with Crippen LogP contribution >= 0.6 is 24.0 Å². The van der Waals surface area contributed by atoms with E-state index in [1.165, 1.54) is 5.56 Å². The lowest BCUT2D eigenvalue weighted by Gasteiger charge is -2.19. The monoisotopic (exact) mass is 499 g/mol. The van der Waals surface area contributed by atoms with Crippen molar-refractivity contribution >= 4 is 29.9 Å². The van der Waals surface area contributed by atoms with Crippen molar-refractivity contribution in [2.24, 2.45) is 4.99 Å². The van der Waals surface area contributed by atoms with Crippen molar-refractivity contribution in [3.8, 4) is 17.2 Å². The highest BCUT2D eigenvalue weighted by Gasteiger charge is 2.12. The number of hydrogen-bond donors (Lipinski definition) is 2. The minimum Gasteiger partial charge on any atom is -0.497 e. The lowest BCUT2D eigenvalue weighted by molar-refractivity contribution is 0.390. The van der Waals surface area contributed by atoms with Crippen molar-refractivity contribution in [3.05, 3.63) is 53.6 Å². The van der Waals surface area contributed by atoms with Crippen LogP contribution in [0, 0.1) is 0 Å². The smallest absolute Gasteiger partial charge is 0.191 e. The molecule has 0 saturated heterocycles. The van der Waals surface area contributed by atoms with Gasteiger partial charge in [-0.1, -0.05) is 25.1 Å². The molecule has 0 bridgehead atoms. The molecule has 0 aliphatic heterocycles. The lowest BCUT2D eigenvalue weighted by Crippen LogP contribution is -2.38. The van der Waals surface area contributed by atoms with Crippen molar-refractivity contribution in [2.75, 3.05) is 34.9 Å². The minimum absolute atomic E-state index is 0. The van der Waals surface area contributed by atoms with E-state index in [1.54, 1.807) is 28.4 Å². The van der Waals surface area contributed by atoms with Gasteiger partial charge >= 0.3 is 0 Å². The van der Waals surface area contributed by atoms with Crippen LogP contribution in [-0.4, -0.2) is 40.9 Å². The molecule has 0 fully saturated rings. The molecule has 2 N–H and O–H groups in total. The number of methoxy groups -OCH3 is 3. The molecule has 0 aromatic heterocycles. The second-order valence-corrected chi connectivity index (χ2v) is 6.13. The second-order valence-electron chi connectivity index (χ2n) is 6.13. The van der Waals surface area contributed by atoms with Gasteiger partial charge in [-0.25, -0.2) is 0 Å². The second kappa shape index (κ2) is 12.3. The fraction of sp³-hybridized carbons (Fsp3) is 0.381. The highest BCUT2D eigenvalue weighted by molar-refractivity contribution is 14.0. The van der Waals surface area contributed by atoms with E-state index in [9.17, 15) is 0 Å². The van der Waals surface area contributed by atoms with Crippen molar-refractivity contribution in [2.45, 2.75) is 19.4 Å². The number of halogens is 1. The fourth-order valence-corrected chi connectivity index (χ4v) is 2.83. The van der Waals surface area contributed by atoms with E-state index in [1.807, 2.05) is 36.4 Å². The predicted octanol–water partition coefficient (Wildman–Crippen LogP) is 3.80. The molecule has 0 saturated carbocycles. The van der Waals surface area contributed by atoms with E-state index in [0.717, 1.165) is 35.3 Å². The van der Waals surface area contributed by atoms with E-state index in [4.69, 9.17) is 14.2 Å². The molecule has 2 aromatic rings. The molecule has 154 valence electrons. The number of nitrogens with zero attached hydrogens (tertiary/aromatic N) is 1. The molecule has 28 heavy (non-hydrogen) atoms. The first-order valence-corrected chi connectivity index (χ1v) is 8.91. The molecule has 0 spiro atoms. The first kappa shape index (κ1) is 23.9. The number of guanidine groups is 1. The molecule has 0 radical (unpaired) electrons. The SMILES string of the molecule is CN=C(NCc1ccc(OC)cc1OC)NCC(C)c1ccccc1OC.I. The molecule has 2 rings (SSSR count). The minimum atomic E-state index is 0. The predicted molar refractivity (Wildman–Crippen MR) is 125 cm³/mol. The maximum Gasteiger partial charge on any atom is 0.191 e. The standard InChI is InChI=1S/C21H29N3O3.HI/c1-15(18-8-6-7-9-19(18)26-4)13-23-21(22-2)24-14-16-10-11-17(25-3)12-20(16)27-5;/h6-12,15H,13-14H2,1-5H3,(H2,22,23,24);1H. The summed E-state index contributed by atoms with van der Waals surface area (Å²) in [5, 5.41) is 6.69. The summed E-state index contributed by atoms with van der Waals surface area (Å²) in [5.41, 5.74) is 2.19. The zero-order valence-corrected chi connectivity index (χ0v) is 19.4. The van der Waals surface area contributed by atoms with Gasteiger partial charge in [-0.2, -0.15) is 0 Å². The highest BCUT2D eigenvalue weighted by atomic mass is 127. The van der Waals surface area contributed by atoms with Crippen LogP contribution in [0.5, 0.6) is 17.2 Å². The Balaban J connectivity index is 0.00000392. The zero-order chi connectivity index (χ0) is 19.6. The molecule has 2 aromatic carbocycles. The Morgan fingerprint density at radius 3 is 2.32 bits per heavy atom. The number of para-hydroxylation sites is 1. The summed E-state index contributed by atoms with van der Waals surface area (Å²) >= 11 is 0. The molecule has 7 heteroatoms. The van der Waals surface area contributed by atoms with Crippen LogP contribution in [0.25, 0.3) is 0 Å². The Bertz CT molecular complexity index is 768. The van der Waals surface area contributed by atoms with Crippen LogP contribution in [0.4, 0.5) is 0 Å². The maximum atomic E-state index is 5.45. The van der Waals surface area contributed by atoms with Gasteiger partial charge in [0.15, 0.2) is 5.96 Å². The van der Waals surface area contributed by atoms with Gasteiger partial charge < -0.3 is 24.8 Å². The number of ether oxygens (including phenoxy) is 3. The molecule has 1 atom stereocenters. The first-order valence-electron chi connectivity index (χ1n) is 8.91. The largest absolute Gasteiger partial charge is 0.497 e. The maximum absolute atomic E-state index is 5.45. The summed E-state index contributed by atoms with van der Waals surface area (Å²) < 4.78 is 16.1. The molecular weight excluding hydrogens is 469 g/mol. The topological polar surface area (TPSA) is 64.1 Å². The van der Waals surface area contributed by atoms with E-state index >= 15 is 0 Å². The summed E-state index contributed by atoms with van der Waals surface area (Å²) in [4.78, 5) is 4.30. The lowest BCUT2D eigenvalue weighted by atomic mass is 10.0. The summed E-state index contributed by atoms with van der Waals surface area (Å²) in [6, 6.07) is 13.8. The third-order valence-corrected chi connectivity index (χ3v) is 4.41. The Morgan fingerprint density at radius 1 is 0.964 bits per heavy atom. The van der Waals surface area contributed by atoms with Crippen molar-refractivity contribution < 1.29 is 14.2 Å². The number of aliphatic imine (C=N–C) groups is 1. The van der Waals surface area contributed by atoms with Crippen LogP contribution in [0.1, 0.15) is 24.0 Å². The molecule has 0 aliphatic carbocycles. The quantitative estimate of drug-likeness (QED) is 0.329. The van der Waals surface area contributed by atoms with Crippen LogP contribution in [-0.2, 0) is 6.54 Å². The van der Waals surface area contributed by atoms with E-state index in [0.29, 0.717) is 6.54 Å². The highest BCUT2D eigenvalue weighted by Crippen LogP contribution is 2.26. The Kier molecular flexibility index (Phi) is 10.5. The molecule has 6 nitrogen and oxygen atoms in total. The molecule has 0 aliphatic rings. The third kappa shape index (κ3) is 6.47. The number of benzene rings is 2. The number of hydrogen-bond acceptors (Lipinski definition) is 4. The first-order chi connectivity index (χ1) is 13.1. The fourth-order valence-electron chi connectivity index (χ4n) is 2.83. The molecule has 0 amide bonds. The Labute approximate surface area is 184 Å². The average Bonchev–Trinajstić information content (AvgIpc) is 2.73. The van der Waals surface area contributed by atoms with Crippen LogP contribution in [0.2, 0.25) is 0 Å². The van der Waals surface area contributed by atoms with Crippen LogP contribution in [0.3, 0.4) is 0 Å². The van der Waals surface area contributed by atoms with Crippen molar-refractivity contribution in [1.82, 2.24) is 10.6 Å². The summed E-state index contributed by atoms with van der Waals surface area (Å²) in [6.45, 7) is 3.49. The van der Waals surface area contributed by atoms with Crippen LogP contribution < -0.4 is 24.8 Å². The van der Waals surface area contributed by atoms with Gasteiger partial charge in [-0.15, -0.1) is 24.0 Å². The normalized spacial score (nSPS) is 11.8. The van der Waals surface area contributed by atoms with E-state index < -0.39 is 0 Å². The summed E-state index contributed by atoms with van der Waals surface area (Å²) in [5.74, 6) is 3.45. The number of rotatable bonds is 8. The zero-order valence-electron chi connectivity index (χ0n) is 17.1. The van der Waals surface area contributed by atoms with E-state index in [-0.39, 0.29) is 29.9 Å². The Morgan fingerprint density at radius 2 is 1.68 bits per heavy atom. The van der Waals surface area contributed by atoms with Crippen molar-refractivity contribution in [1.29, 1.82) is 0 Å². The molecule has 0 heterocycles. The van der Waals surface area contributed by atoms with Crippen LogP contribution in [0.15, 0.2) is 47.5 Å². The molecule has 1 unspecified atom stereocenters. The van der Waals surface area contributed by atoms with Gasteiger partial charge in [0.25, 0.3) is 0 Å². The summed E-state index contributed by atoms with van der Waals surface area (Å²) in [6.07, 6.45) is 0. The van der Waals surface area contributed by atoms with Gasteiger partial charge in [-0.3, -0.25) is 4.99 Å². The third-order valence-electron chi connectivity index (χ3n) is 4.41. The summed E-state index contributed by atoms with van der Waals surface area (Å²) in [7, 11) is 6.75. The van der Waals surface area contributed by atoms with Gasteiger partial charge in [0.05, 0.1) is 21.3 Å². The van der Waals surface area contributed by atoms with Gasteiger partial charge in [0, 0.05) is 37.7 Å². The number of nitrogens with one attached hydrogen (secondary N) is 2. The average molecular weight is 499 g/mol. The Hall–Kier alpha value is -2.16. The van der Waals surface area contributed by atoms with Gasteiger partial charge in [0.1, 0.15) is 17.2 Å². The van der Waals surface area contributed by atoms with Gasteiger partial charge in [0.2, 0.25) is 0 Å².